The Bertz CT molecular complexity index is 373. The van der Waals surface area contributed by atoms with Gasteiger partial charge in [-0.05, 0) is 24.1 Å². The van der Waals surface area contributed by atoms with Crippen molar-refractivity contribution in [1.29, 1.82) is 0 Å². The molecular formula is C13H19ClN2O2. The van der Waals surface area contributed by atoms with Gasteiger partial charge in [-0.15, -0.1) is 12.4 Å². The molecule has 4 nitrogen and oxygen atoms in total. The van der Waals surface area contributed by atoms with Crippen molar-refractivity contribution in [1.82, 2.24) is 4.90 Å². The van der Waals surface area contributed by atoms with Crippen LogP contribution in [0.15, 0.2) is 24.3 Å². The van der Waals surface area contributed by atoms with Gasteiger partial charge in [-0.25, -0.2) is 0 Å². The summed E-state index contributed by atoms with van der Waals surface area (Å²) in [6.45, 7) is 3.34. The van der Waals surface area contributed by atoms with E-state index in [1.165, 1.54) is 0 Å². The van der Waals surface area contributed by atoms with Crippen LogP contribution in [-0.4, -0.2) is 37.1 Å². The third-order valence-corrected chi connectivity index (χ3v) is 2.95. The predicted octanol–water partition coefficient (Wildman–Crippen LogP) is 1.43. The van der Waals surface area contributed by atoms with Crippen LogP contribution >= 0.6 is 12.4 Å². The molecule has 0 radical (unpaired) electrons. The molecule has 1 aromatic carbocycles. The molecule has 1 amide bonds. The van der Waals surface area contributed by atoms with Crippen molar-refractivity contribution in [2.75, 3.05) is 26.3 Å². The van der Waals surface area contributed by atoms with Gasteiger partial charge in [0.15, 0.2) is 0 Å². The number of amides is 1. The van der Waals surface area contributed by atoms with Crippen molar-refractivity contribution in [3.05, 3.63) is 35.4 Å². The Balaban J connectivity index is 0.00000162. The minimum Gasteiger partial charge on any atom is -0.380 e. The molecule has 18 heavy (non-hydrogen) atoms. The third kappa shape index (κ3) is 3.70. The van der Waals surface area contributed by atoms with E-state index in [-0.39, 0.29) is 18.3 Å². The molecule has 100 valence electrons. The monoisotopic (exact) mass is 270 g/mol. The van der Waals surface area contributed by atoms with Crippen LogP contribution < -0.4 is 5.73 Å². The highest BCUT2D eigenvalue weighted by Crippen LogP contribution is 2.09. The SMILES string of the molecule is Cl.NCc1ccc(C(=O)N2CCCOCC2)cc1. The molecule has 0 atom stereocenters. The van der Waals surface area contributed by atoms with Crippen molar-refractivity contribution < 1.29 is 9.53 Å². The first-order valence-electron chi connectivity index (χ1n) is 5.97. The van der Waals surface area contributed by atoms with Gasteiger partial charge in [-0.3, -0.25) is 4.79 Å². The summed E-state index contributed by atoms with van der Waals surface area (Å²) < 4.78 is 5.34. The quantitative estimate of drug-likeness (QED) is 0.885. The van der Waals surface area contributed by atoms with Gasteiger partial charge < -0.3 is 15.4 Å². The lowest BCUT2D eigenvalue weighted by atomic mass is 10.1. The predicted molar refractivity (Wildman–Crippen MR) is 72.9 cm³/mol. The zero-order valence-electron chi connectivity index (χ0n) is 10.3. The Morgan fingerprint density at radius 1 is 1.22 bits per heavy atom. The van der Waals surface area contributed by atoms with E-state index in [9.17, 15) is 4.79 Å². The van der Waals surface area contributed by atoms with Gasteiger partial charge >= 0.3 is 0 Å². The fourth-order valence-corrected chi connectivity index (χ4v) is 1.92. The average Bonchev–Trinajstić information content (AvgIpc) is 2.67. The van der Waals surface area contributed by atoms with Gasteiger partial charge in [0, 0.05) is 31.8 Å². The number of rotatable bonds is 2. The third-order valence-electron chi connectivity index (χ3n) is 2.95. The van der Waals surface area contributed by atoms with Crippen LogP contribution in [0, 0.1) is 0 Å². The van der Waals surface area contributed by atoms with E-state index in [2.05, 4.69) is 0 Å². The minimum atomic E-state index is 0. The normalized spacial score (nSPS) is 15.7. The highest BCUT2D eigenvalue weighted by molar-refractivity contribution is 5.94. The Kier molecular flexibility index (Phi) is 6.12. The Morgan fingerprint density at radius 3 is 2.61 bits per heavy atom. The van der Waals surface area contributed by atoms with Gasteiger partial charge in [0.05, 0.1) is 6.61 Å². The molecule has 1 heterocycles. The highest BCUT2D eigenvalue weighted by Gasteiger charge is 2.16. The van der Waals surface area contributed by atoms with E-state index >= 15 is 0 Å². The minimum absolute atomic E-state index is 0. The summed E-state index contributed by atoms with van der Waals surface area (Å²) in [7, 11) is 0. The molecular weight excluding hydrogens is 252 g/mol. The summed E-state index contributed by atoms with van der Waals surface area (Å²) in [5, 5.41) is 0. The summed E-state index contributed by atoms with van der Waals surface area (Å²) in [6.07, 6.45) is 0.909. The van der Waals surface area contributed by atoms with Gasteiger partial charge in [0.25, 0.3) is 5.91 Å². The van der Waals surface area contributed by atoms with Crippen molar-refractivity contribution in [2.45, 2.75) is 13.0 Å². The van der Waals surface area contributed by atoms with Crippen molar-refractivity contribution in [2.24, 2.45) is 5.73 Å². The van der Waals surface area contributed by atoms with E-state index in [0.29, 0.717) is 19.7 Å². The number of hydrogen-bond acceptors (Lipinski definition) is 3. The first kappa shape index (κ1) is 15.0. The Labute approximate surface area is 114 Å². The average molecular weight is 271 g/mol. The first-order chi connectivity index (χ1) is 8.31. The molecule has 5 heteroatoms. The summed E-state index contributed by atoms with van der Waals surface area (Å²) in [6, 6.07) is 7.50. The zero-order valence-corrected chi connectivity index (χ0v) is 11.1. The maximum absolute atomic E-state index is 12.2. The van der Waals surface area contributed by atoms with Crippen molar-refractivity contribution >= 4 is 18.3 Å². The molecule has 1 aromatic rings. The zero-order chi connectivity index (χ0) is 12.1. The van der Waals surface area contributed by atoms with Crippen LogP contribution in [0.25, 0.3) is 0 Å². The summed E-state index contributed by atoms with van der Waals surface area (Å²) in [5.74, 6) is 0.0825. The molecule has 0 bridgehead atoms. The number of halogens is 1. The number of nitrogens with zero attached hydrogens (tertiary/aromatic N) is 1. The molecule has 0 saturated carbocycles. The lowest BCUT2D eigenvalue weighted by molar-refractivity contribution is 0.0741. The largest absolute Gasteiger partial charge is 0.380 e. The number of carbonyl (C=O) groups excluding carboxylic acids is 1. The summed E-state index contributed by atoms with van der Waals surface area (Å²) in [5.41, 5.74) is 7.30. The summed E-state index contributed by atoms with van der Waals surface area (Å²) >= 11 is 0. The maximum atomic E-state index is 12.2. The van der Waals surface area contributed by atoms with E-state index < -0.39 is 0 Å². The molecule has 1 aliphatic rings. The Hall–Kier alpha value is -1.10. The molecule has 1 aliphatic heterocycles. The second kappa shape index (κ2) is 7.36. The fraction of sp³-hybridized carbons (Fsp3) is 0.462. The molecule has 1 saturated heterocycles. The topological polar surface area (TPSA) is 55.6 Å². The second-order valence-electron chi connectivity index (χ2n) is 4.16. The Morgan fingerprint density at radius 2 is 1.94 bits per heavy atom. The smallest absolute Gasteiger partial charge is 0.253 e. The van der Waals surface area contributed by atoms with Crippen LogP contribution in [0.2, 0.25) is 0 Å². The lowest BCUT2D eigenvalue weighted by Gasteiger charge is -2.19. The molecule has 1 fully saturated rings. The molecule has 0 unspecified atom stereocenters. The van der Waals surface area contributed by atoms with Gasteiger partial charge in [0.2, 0.25) is 0 Å². The van der Waals surface area contributed by atoms with Crippen LogP contribution in [0.3, 0.4) is 0 Å². The van der Waals surface area contributed by atoms with Gasteiger partial charge in [-0.2, -0.15) is 0 Å². The molecule has 2 N–H and O–H groups in total. The van der Waals surface area contributed by atoms with E-state index in [1.54, 1.807) is 0 Å². The maximum Gasteiger partial charge on any atom is 0.253 e. The number of ether oxygens (including phenoxy) is 1. The number of carbonyl (C=O) groups is 1. The molecule has 0 aromatic heterocycles. The highest BCUT2D eigenvalue weighted by atomic mass is 35.5. The number of hydrogen-bond donors (Lipinski definition) is 1. The van der Waals surface area contributed by atoms with Crippen LogP contribution in [0.5, 0.6) is 0 Å². The first-order valence-corrected chi connectivity index (χ1v) is 5.97. The van der Waals surface area contributed by atoms with Gasteiger partial charge in [0.1, 0.15) is 0 Å². The van der Waals surface area contributed by atoms with Crippen LogP contribution in [-0.2, 0) is 11.3 Å². The number of benzene rings is 1. The lowest BCUT2D eigenvalue weighted by Crippen LogP contribution is -2.33. The van der Waals surface area contributed by atoms with Gasteiger partial charge in [-0.1, -0.05) is 12.1 Å². The van der Waals surface area contributed by atoms with Crippen LogP contribution in [0.1, 0.15) is 22.3 Å². The molecule has 2 rings (SSSR count). The number of nitrogens with two attached hydrogens (primary N) is 1. The van der Waals surface area contributed by atoms with Crippen molar-refractivity contribution in [3.8, 4) is 0 Å². The van der Waals surface area contributed by atoms with Crippen molar-refractivity contribution in [3.63, 3.8) is 0 Å². The summed E-state index contributed by atoms with van der Waals surface area (Å²) in [4.78, 5) is 14.0. The van der Waals surface area contributed by atoms with E-state index in [0.717, 1.165) is 30.7 Å². The standard InChI is InChI=1S/C13H18N2O2.ClH/c14-10-11-2-4-12(5-3-11)13(16)15-6-1-8-17-9-7-15;/h2-5H,1,6-10,14H2;1H. The molecule has 0 spiro atoms. The van der Waals surface area contributed by atoms with E-state index in [1.807, 2.05) is 29.2 Å². The fourth-order valence-electron chi connectivity index (χ4n) is 1.92. The van der Waals surface area contributed by atoms with E-state index in [4.69, 9.17) is 10.5 Å². The van der Waals surface area contributed by atoms with Crippen LogP contribution in [0.4, 0.5) is 0 Å². The second-order valence-corrected chi connectivity index (χ2v) is 4.16. The molecule has 0 aliphatic carbocycles.